The average molecular weight is 210 g/mol. The summed E-state index contributed by atoms with van der Waals surface area (Å²) in [6.07, 6.45) is 2.51. The van der Waals surface area contributed by atoms with Crippen molar-refractivity contribution < 1.29 is 9.47 Å². The molecule has 0 amide bonds. The Labute approximate surface area is 90.4 Å². The van der Waals surface area contributed by atoms with Crippen molar-refractivity contribution in [3.05, 3.63) is 18.3 Å². The van der Waals surface area contributed by atoms with Crippen molar-refractivity contribution in [1.29, 1.82) is 0 Å². The van der Waals surface area contributed by atoms with Crippen LogP contribution in [-0.4, -0.2) is 24.2 Å². The maximum atomic E-state index is 5.96. The minimum Gasteiger partial charge on any atom is -0.491 e. The Morgan fingerprint density at radius 2 is 2.27 bits per heavy atom. The molecule has 0 saturated carbocycles. The smallest absolute Gasteiger partial charge is 0.257 e. The van der Waals surface area contributed by atoms with Crippen LogP contribution in [0.25, 0.3) is 0 Å². The van der Waals surface area contributed by atoms with E-state index in [0.29, 0.717) is 18.2 Å². The number of rotatable bonds is 5. The first kappa shape index (κ1) is 11.8. The fourth-order valence-electron chi connectivity index (χ4n) is 0.975. The normalized spacial score (nSPS) is 14.4. The van der Waals surface area contributed by atoms with E-state index in [0.717, 1.165) is 6.42 Å². The monoisotopic (exact) mass is 210 g/mol. The zero-order valence-electron chi connectivity index (χ0n) is 9.49. The fourth-order valence-corrected chi connectivity index (χ4v) is 0.975. The van der Waals surface area contributed by atoms with Crippen LogP contribution in [0.4, 0.5) is 0 Å². The summed E-state index contributed by atoms with van der Waals surface area (Å²) in [5, 5.41) is 0. The van der Waals surface area contributed by atoms with Gasteiger partial charge in [0.15, 0.2) is 5.75 Å². The van der Waals surface area contributed by atoms with Gasteiger partial charge in [0.25, 0.3) is 5.88 Å². The highest BCUT2D eigenvalue weighted by Gasteiger charge is 2.17. The van der Waals surface area contributed by atoms with Gasteiger partial charge in [0, 0.05) is 11.7 Å². The lowest BCUT2D eigenvalue weighted by atomic mass is 10.0. The molecule has 1 atom stereocenters. The molecule has 1 rings (SSSR count). The Morgan fingerprint density at radius 1 is 1.53 bits per heavy atom. The van der Waals surface area contributed by atoms with E-state index in [9.17, 15) is 0 Å². The Hall–Kier alpha value is -1.29. The summed E-state index contributed by atoms with van der Waals surface area (Å²) in [6, 6.07) is 3.61. The molecule has 0 bridgehead atoms. The molecule has 1 unspecified atom stereocenters. The fraction of sp³-hybridized carbons (Fsp3) is 0.545. The van der Waals surface area contributed by atoms with Crippen LogP contribution in [0.5, 0.6) is 11.6 Å². The lowest BCUT2D eigenvalue weighted by Gasteiger charge is -2.22. The molecule has 0 fully saturated rings. The van der Waals surface area contributed by atoms with E-state index in [-0.39, 0.29) is 5.54 Å². The number of ether oxygens (including phenoxy) is 2. The molecule has 4 heteroatoms. The highest BCUT2D eigenvalue weighted by atomic mass is 16.5. The third-order valence-electron chi connectivity index (χ3n) is 2.30. The van der Waals surface area contributed by atoms with Crippen molar-refractivity contribution in [3.8, 4) is 11.6 Å². The molecule has 15 heavy (non-hydrogen) atoms. The van der Waals surface area contributed by atoms with E-state index in [1.54, 1.807) is 19.4 Å². The minimum atomic E-state index is -0.331. The van der Waals surface area contributed by atoms with Crippen LogP contribution in [-0.2, 0) is 0 Å². The first-order valence-corrected chi connectivity index (χ1v) is 5.00. The van der Waals surface area contributed by atoms with Crippen molar-refractivity contribution in [1.82, 2.24) is 4.98 Å². The first-order valence-electron chi connectivity index (χ1n) is 5.00. The summed E-state index contributed by atoms with van der Waals surface area (Å²) in [4.78, 5) is 4.08. The largest absolute Gasteiger partial charge is 0.491 e. The predicted octanol–water partition coefficient (Wildman–Crippen LogP) is 1.60. The molecule has 1 aromatic heterocycles. The first-order chi connectivity index (χ1) is 7.09. The van der Waals surface area contributed by atoms with Crippen molar-refractivity contribution in [2.24, 2.45) is 5.73 Å². The van der Waals surface area contributed by atoms with Gasteiger partial charge < -0.3 is 15.2 Å². The second-order valence-electron chi connectivity index (χ2n) is 3.81. The van der Waals surface area contributed by atoms with E-state index in [1.165, 1.54) is 0 Å². The molecule has 4 nitrogen and oxygen atoms in total. The molecule has 0 aromatic carbocycles. The van der Waals surface area contributed by atoms with Crippen molar-refractivity contribution >= 4 is 0 Å². The standard InChI is InChI=1S/C11H18N2O2/c1-4-11(2,12)8-15-10-9(14-3)6-5-7-13-10/h5-7H,4,8,12H2,1-3H3. The molecule has 0 saturated heterocycles. The zero-order chi connectivity index (χ0) is 11.3. The van der Waals surface area contributed by atoms with E-state index < -0.39 is 0 Å². The number of pyridine rings is 1. The molecule has 0 aliphatic heterocycles. The lowest BCUT2D eigenvalue weighted by molar-refractivity contribution is 0.210. The van der Waals surface area contributed by atoms with Crippen LogP contribution >= 0.6 is 0 Å². The number of nitrogens with two attached hydrogens (primary N) is 1. The topological polar surface area (TPSA) is 57.4 Å². The van der Waals surface area contributed by atoms with Crippen molar-refractivity contribution in [2.45, 2.75) is 25.8 Å². The second-order valence-corrected chi connectivity index (χ2v) is 3.81. The van der Waals surface area contributed by atoms with E-state index in [1.807, 2.05) is 19.9 Å². The Balaban J connectivity index is 2.65. The maximum absolute atomic E-state index is 5.96. The third kappa shape index (κ3) is 3.40. The second kappa shape index (κ2) is 4.98. The maximum Gasteiger partial charge on any atom is 0.257 e. The SMILES string of the molecule is CCC(C)(N)COc1ncccc1OC. The number of hydrogen-bond donors (Lipinski definition) is 1. The average Bonchev–Trinajstić information content (AvgIpc) is 2.27. The van der Waals surface area contributed by atoms with Gasteiger partial charge in [0.2, 0.25) is 0 Å². The Bertz CT molecular complexity index is 313. The van der Waals surface area contributed by atoms with Gasteiger partial charge in [-0.05, 0) is 25.5 Å². The van der Waals surface area contributed by atoms with Crippen LogP contribution < -0.4 is 15.2 Å². The summed E-state index contributed by atoms with van der Waals surface area (Å²) >= 11 is 0. The van der Waals surface area contributed by atoms with Gasteiger partial charge >= 0.3 is 0 Å². The predicted molar refractivity (Wildman–Crippen MR) is 59.2 cm³/mol. The van der Waals surface area contributed by atoms with Gasteiger partial charge in [-0.2, -0.15) is 0 Å². The summed E-state index contributed by atoms with van der Waals surface area (Å²) in [5.41, 5.74) is 5.63. The van der Waals surface area contributed by atoms with Crippen molar-refractivity contribution in [2.75, 3.05) is 13.7 Å². The van der Waals surface area contributed by atoms with E-state index in [2.05, 4.69) is 4.98 Å². The molecule has 1 heterocycles. The van der Waals surface area contributed by atoms with Gasteiger partial charge in [-0.15, -0.1) is 0 Å². The van der Waals surface area contributed by atoms with Gasteiger partial charge in [0.1, 0.15) is 6.61 Å². The van der Waals surface area contributed by atoms with Crippen LogP contribution in [0.1, 0.15) is 20.3 Å². The van der Waals surface area contributed by atoms with Crippen molar-refractivity contribution in [3.63, 3.8) is 0 Å². The minimum absolute atomic E-state index is 0.331. The Kier molecular flexibility index (Phi) is 3.91. The molecule has 2 N–H and O–H groups in total. The molecule has 1 aromatic rings. The number of aromatic nitrogens is 1. The third-order valence-corrected chi connectivity index (χ3v) is 2.30. The number of nitrogens with zero attached hydrogens (tertiary/aromatic N) is 1. The van der Waals surface area contributed by atoms with E-state index >= 15 is 0 Å². The number of methoxy groups -OCH3 is 1. The van der Waals surface area contributed by atoms with Gasteiger partial charge in [-0.3, -0.25) is 0 Å². The summed E-state index contributed by atoms with van der Waals surface area (Å²) in [5.74, 6) is 1.12. The quantitative estimate of drug-likeness (QED) is 0.802. The highest BCUT2D eigenvalue weighted by Crippen LogP contribution is 2.23. The molecule has 0 aliphatic carbocycles. The van der Waals surface area contributed by atoms with Gasteiger partial charge in [-0.1, -0.05) is 6.92 Å². The molecule has 0 radical (unpaired) electrons. The van der Waals surface area contributed by atoms with Crippen LogP contribution in [0.2, 0.25) is 0 Å². The number of hydrogen-bond acceptors (Lipinski definition) is 4. The zero-order valence-corrected chi connectivity index (χ0v) is 9.49. The molecule has 0 spiro atoms. The molecular weight excluding hydrogens is 192 g/mol. The lowest BCUT2D eigenvalue weighted by Crippen LogP contribution is -2.41. The summed E-state index contributed by atoms with van der Waals surface area (Å²) < 4.78 is 10.6. The molecular formula is C11H18N2O2. The van der Waals surface area contributed by atoms with E-state index in [4.69, 9.17) is 15.2 Å². The van der Waals surface area contributed by atoms with Crippen LogP contribution in [0, 0.1) is 0 Å². The molecule has 84 valence electrons. The summed E-state index contributed by atoms with van der Waals surface area (Å²) in [7, 11) is 1.59. The van der Waals surface area contributed by atoms with Gasteiger partial charge in [0.05, 0.1) is 7.11 Å². The van der Waals surface area contributed by atoms with Crippen LogP contribution in [0.3, 0.4) is 0 Å². The summed E-state index contributed by atoms with van der Waals surface area (Å²) in [6.45, 7) is 4.40. The Morgan fingerprint density at radius 3 is 2.87 bits per heavy atom. The highest BCUT2D eigenvalue weighted by molar-refractivity contribution is 5.32. The van der Waals surface area contributed by atoms with Gasteiger partial charge in [-0.25, -0.2) is 4.98 Å². The van der Waals surface area contributed by atoms with Crippen LogP contribution in [0.15, 0.2) is 18.3 Å². The molecule has 0 aliphatic rings.